The Balaban J connectivity index is 1.24. The van der Waals surface area contributed by atoms with Gasteiger partial charge in [0.2, 0.25) is 0 Å². The highest BCUT2D eigenvalue weighted by atomic mass is 17.0. The zero-order valence-corrected chi connectivity index (χ0v) is 16.7. The van der Waals surface area contributed by atoms with Gasteiger partial charge < -0.3 is 18.9 Å². The molecule has 0 unspecified atom stereocenters. The van der Waals surface area contributed by atoms with Crippen molar-refractivity contribution in [1.29, 1.82) is 0 Å². The maximum atomic E-state index is 5.87. The molecule has 0 amide bonds. The van der Waals surface area contributed by atoms with Crippen LogP contribution in [-0.4, -0.2) is 32.6 Å². The average molecular weight is 392 g/mol. The van der Waals surface area contributed by atoms with Gasteiger partial charge in [0.1, 0.15) is 0 Å². The van der Waals surface area contributed by atoms with Crippen molar-refractivity contribution in [2.45, 2.75) is 19.0 Å². The molecule has 4 rings (SSSR count). The van der Waals surface area contributed by atoms with E-state index < -0.39 is 6.16 Å². The molecule has 2 fully saturated rings. The summed E-state index contributed by atoms with van der Waals surface area (Å²) >= 11 is 0. The highest BCUT2D eigenvalue weighted by molar-refractivity contribution is 5.47. The molecule has 0 aromatic heterocycles. The zero-order valence-electron chi connectivity index (χ0n) is 16.7. The molecule has 2 aromatic carbocycles. The Morgan fingerprint density at radius 3 is 1.31 bits per heavy atom. The first-order valence-corrected chi connectivity index (χ1v) is 10.2. The van der Waals surface area contributed by atoms with Gasteiger partial charge in [-0.15, -0.1) is 0 Å². The Hall–Kier alpha value is -2.24. The molecule has 0 saturated carbocycles. The van der Waals surface area contributed by atoms with Gasteiger partial charge >= 0.3 is 6.16 Å². The largest absolute Gasteiger partial charge is 0.412 e. The highest BCUT2D eigenvalue weighted by Gasteiger charge is 2.44. The summed E-state index contributed by atoms with van der Waals surface area (Å²) in [5.41, 5.74) is 4.77. The molecule has 2 saturated heterocycles. The summed E-state index contributed by atoms with van der Waals surface area (Å²) < 4.78 is 23.5. The molecular weight excluding hydrogens is 364 g/mol. The molecule has 29 heavy (non-hydrogen) atoms. The molecular formula is C25H28O4. The van der Waals surface area contributed by atoms with Gasteiger partial charge in [-0.2, -0.15) is 0 Å². The molecule has 2 heterocycles. The van der Waals surface area contributed by atoms with Crippen LogP contribution >= 0.6 is 0 Å². The minimum Gasteiger partial charge on any atom is -0.303 e. The van der Waals surface area contributed by atoms with Gasteiger partial charge in [0.25, 0.3) is 0 Å². The molecule has 4 nitrogen and oxygen atoms in total. The second-order valence-corrected chi connectivity index (χ2v) is 7.78. The fraction of sp³-hybridized carbons (Fsp3) is 0.360. The van der Waals surface area contributed by atoms with Gasteiger partial charge in [-0.05, 0) is 35.1 Å². The number of ether oxygens (including phenoxy) is 4. The van der Waals surface area contributed by atoms with Gasteiger partial charge in [0.05, 0.1) is 26.4 Å². The van der Waals surface area contributed by atoms with Crippen LogP contribution in [0.4, 0.5) is 0 Å². The lowest BCUT2D eigenvalue weighted by Gasteiger charge is -2.42. The quantitative estimate of drug-likeness (QED) is 0.714. The Labute approximate surface area is 172 Å². The lowest BCUT2D eigenvalue weighted by molar-refractivity contribution is -0.534. The van der Waals surface area contributed by atoms with Crippen LogP contribution in [0.2, 0.25) is 0 Å². The normalized spacial score (nSPS) is 26.9. The van der Waals surface area contributed by atoms with E-state index in [1.165, 1.54) is 11.1 Å². The molecule has 1 spiro atoms. The molecule has 152 valence electrons. The molecule has 2 aliphatic rings. The summed E-state index contributed by atoms with van der Waals surface area (Å²) in [6.07, 6.45) is 4.17. The predicted molar refractivity (Wildman–Crippen MR) is 114 cm³/mol. The van der Waals surface area contributed by atoms with Gasteiger partial charge in [-0.1, -0.05) is 73.8 Å². The second-order valence-electron chi connectivity index (χ2n) is 7.78. The van der Waals surface area contributed by atoms with Crippen molar-refractivity contribution in [3.8, 4) is 0 Å². The van der Waals surface area contributed by atoms with Gasteiger partial charge in [0.15, 0.2) is 0 Å². The van der Waals surface area contributed by atoms with Crippen molar-refractivity contribution in [3.05, 3.63) is 83.9 Å². The van der Waals surface area contributed by atoms with Crippen molar-refractivity contribution in [3.63, 3.8) is 0 Å². The van der Waals surface area contributed by atoms with E-state index in [-0.39, 0.29) is 11.8 Å². The van der Waals surface area contributed by atoms with Gasteiger partial charge in [0, 0.05) is 11.8 Å². The molecule has 0 bridgehead atoms. The maximum absolute atomic E-state index is 5.87. The van der Waals surface area contributed by atoms with Crippen LogP contribution < -0.4 is 0 Å². The predicted octanol–water partition coefficient (Wildman–Crippen LogP) is 4.70. The van der Waals surface area contributed by atoms with Crippen molar-refractivity contribution in [2.24, 2.45) is 11.8 Å². The van der Waals surface area contributed by atoms with Crippen molar-refractivity contribution >= 4 is 12.2 Å². The molecule has 2 aromatic rings. The second kappa shape index (κ2) is 9.06. The number of rotatable bonds is 6. The molecule has 0 radical (unpaired) electrons. The fourth-order valence-corrected chi connectivity index (χ4v) is 3.71. The van der Waals surface area contributed by atoms with E-state index in [2.05, 4.69) is 61.7 Å². The summed E-state index contributed by atoms with van der Waals surface area (Å²) in [6.45, 7) is 9.79. The maximum Gasteiger partial charge on any atom is 0.412 e. The summed E-state index contributed by atoms with van der Waals surface area (Å²) in [4.78, 5) is 0. The third kappa shape index (κ3) is 5.03. The SMILES string of the molecule is C=Cc1ccc(CC2COC3(OC2)OCC(Cc2ccc(C=C)cc2)CO3)cc1. The van der Waals surface area contributed by atoms with Crippen LogP contribution in [0.1, 0.15) is 22.3 Å². The van der Waals surface area contributed by atoms with Gasteiger partial charge in [-0.3, -0.25) is 0 Å². The third-order valence-electron chi connectivity index (χ3n) is 5.46. The van der Waals surface area contributed by atoms with E-state index in [1.54, 1.807) is 0 Å². The number of benzene rings is 2. The number of hydrogen-bond acceptors (Lipinski definition) is 4. The third-order valence-corrected chi connectivity index (χ3v) is 5.46. The first-order valence-electron chi connectivity index (χ1n) is 10.2. The van der Waals surface area contributed by atoms with Crippen LogP contribution in [0.3, 0.4) is 0 Å². The van der Waals surface area contributed by atoms with Crippen molar-refractivity contribution in [2.75, 3.05) is 26.4 Å². The van der Waals surface area contributed by atoms with E-state index in [4.69, 9.17) is 18.9 Å². The smallest absolute Gasteiger partial charge is 0.303 e. The molecule has 0 aliphatic carbocycles. The van der Waals surface area contributed by atoms with Crippen LogP contribution in [0.5, 0.6) is 0 Å². The van der Waals surface area contributed by atoms with E-state index in [0.717, 1.165) is 24.0 Å². The Morgan fingerprint density at radius 2 is 1.00 bits per heavy atom. The van der Waals surface area contributed by atoms with E-state index >= 15 is 0 Å². The molecule has 0 atom stereocenters. The zero-order chi connectivity index (χ0) is 20.1. The van der Waals surface area contributed by atoms with E-state index in [0.29, 0.717) is 26.4 Å². The minimum absolute atomic E-state index is 0.281. The molecule has 4 heteroatoms. The summed E-state index contributed by atoms with van der Waals surface area (Å²) in [7, 11) is 0. The fourth-order valence-electron chi connectivity index (χ4n) is 3.71. The monoisotopic (exact) mass is 392 g/mol. The molecule has 0 N–H and O–H groups in total. The topological polar surface area (TPSA) is 36.9 Å². The Kier molecular flexibility index (Phi) is 6.26. The molecule has 2 aliphatic heterocycles. The first-order chi connectivity index (χ1) is 14.2. The first kappa shape index (κ1) is 20.0. The summed E-state index contributed by atoms with van der Waals surface area (Å²) in [5, 5.41) is 0. The Bertz CT molecular complexity index is 734. The van der Waals surface area contributed by atoms with Crippen molar-refractivity contribution < 1.29 is 18.9 Å². The van der Waals surface area contributed by atoms with E-state index in [1.807, 2.05) is 12.2 Å². The van der Waals surface area contributed by atoms with Crippen molar-refractivity contribution in [1.82, 2.24) is 0 Å². The minimum atomic E-state index is -1.33. The average Bonchev–Trinajstić information content (AvgIpc) is 2.78. The van der Waals surface area contributed by atoms with Crippen LogP contribution in [0.15, 0.2) is 61.7 Å². The standard InChI is InChI=1S/C25H28O4/c1-3-19-5-9-21(10-6-19)13-23-15-26-25(27-16-23)28-17-24(18-29-25)14-22-11-7-20(4-2)8-12-22/h3-12,23-24H,1-2,13-18H2. The number of hydrogen-bond donors (Lipinski definition) is 0. The summed E-state index contributed by atoms with van der Waals surface area (Å²) in [6, 6.07) is 16.8. The van der Waals surface area contributed by atoms with Crippen LogP contribution in [0.25, 0.3) is 12.2 Å². The summed E-state index contributed by atoms with van der Waals surface area (Å²) in [5.74, 6) is 0.562. The van der Waals surface area contributed by atoms with E-state index in [9.17, 15) is 0 Å². The van der Waals surface area contributed by atoms with Gasteiger partial charge in [-0.25, -0.2) is 0 Å². The lowest BCUT2D eigenvalue weighted by atomic mass is 9.99. The lowest BCUT2D eigenvalue weighted by Crippen LogP contribution is -2.53. The van der Waals surface area contributed by atoms with Crippen LogP contribution in [0, 0.1) is 11.8 Å². The van der Waals surface area contributed by atoms with Crippen LogP contribution in [-0.2, 0) is 31.8 Å². The highest BCUT2D eigenvalue weighted by Crippen LogP contribution is 2.31. The Morgan fingerprint density at radius 1 is 0.655 bits per heavy atom.